The Morgan fingerprint density at radius 3 is 2.57 bits per heavy atom. The fraction of sp³-hybridized carbons (Fsp3) is 0.444. The summed E-state index contributed by atoms with van der Waals surface area (Å²) in [5.41, 5.74) is 3.48. The first-order valence-corrected chi connectivity index (χ1v) is 8.16. The Kier molecular flexibility index (Phi) is 4.48. The average Bonchev–Trinajstić information content (AvgIpc) is 3.13. The first-order chi connectivity index (χ1) is 11.1. The molecule has 5 nitrogen and oxygen atoms in total. The highest BCUT2D eigenvalue weighted by Gasteiger charge is 2.35. The van der Waals surface area contributed by atoms with E-state index < -0.39 is 0 Å². The van der Waals surface area contributed by atoms with E-state index >= 15 is 0 Å². The van der Waals surface area contributed by atoms with Crippen molar-refractivity contribution in [3.8, 4) is 0 Å². The summed E-state index contributed by atoms with van der Waals surface area (Å²) < 4.78 is 1.73. The first kappa shape index (κ1) is 15.7. The third-order valence-electron chi connectivity index (χ3n) is 4.58. The number of anilines is 1. The van der Waals surface area contributed by atoms with Gasteiger partial charge in [0, 0.05) is 26.3 Å². The Labute approximate surface area is 137 Å². The predicted molar refractivity (Wildman–Crippen MR) is 91.3 cm³/mol. The second-order valence-corrected chi connectivity index (χ2v) is 6.25. The van der Waals surface area contributed by atoms with Gasteiger partial charge in [-0.25, -0.2) is 0 Å². The summed E-state index contributed by atoms with van der Waals surface area (Å²) in [4.78, 5) is 16.7. The molecule has 1 amide bonds. The largest absolute Gasteiger partial charge is 0.308 e. The molecule has 0 N–H and O–H groups in total. The number of likely N-dealkylation sites (N-methyl/N-ethyl adjacent to an activating group) is 1. The molecule has 1 aliphatic heterocycles. The normalized spacial score (nSPS) is 18.2. The third-order valence-corrected chi connectivity index (χ3v) is 4.58. The van der Waals surface area contributed by atoms with Gasteiger partial charge in [-0.2, -0.15) is 5.10 Å². The molecule has 1 fully saturated rings. The maximum absolute atomic E-state index is 12.7. The van der Waals surface area contributed by atoms with Crippen LogP contribution in [-0.4, -0.2) is 40.2 Å². The molecule has 23 heavy (non-hydrogen) atoms. The van der Waals surface area contributed by atoms with E-state index in [9.17, 15) is 4.79 Å². The quantitative estimate of drug-likeness (QED) is 0.850. The number of carbonyl (C=O) groups excluding carboxylic acids is 1. The summed E-state index contributed by atoms with van der Waals surface area (Å²) in [6.45, 7) is 3.71. The van der Waals surface area contributed by atoms with Gasteiger partial charge in [0.25, 0.3) is 0 Å². The number of carbonyl (C=O) groups is 1. The van der Waals surface area contributed by atoms with Crippen molar-refractivity contribution in [2.24, 2.45) is 7.05 Å². The molecule has 1 saturated heterocycles. The van der Waals surface area contributed by atoms with Crippen LogP contribution in [0.3, 0.4) is 0 Å². The molecule has 3 rings (SSSR count). The van der Waals surface area contributed by atoms with E-state index in [1.807, 2.05) is 25.2 Å². The number of hydrogen-bond donors (Lipinski definition) is 0. The molecular weight excluding hydrogens is 288 g/mol. The van der Waals surface area contributed by atoms with Crippen LogP contribution >= 0.6 is 0 Å². The van der Waals surface area contributed by atoms with Crippen LogP contribution in [0.4, 0.5) is 5.69 Å². The summed E-state index contributed by atoms with van der Waals surface area (Å²) in [6.07, 6.45) is 5.56. The fourth-order valence-electron chi connectivity index (χ4n) is 3.16. The number of rotatable bonds is 5. The van der Waals surface area contributed by atoms with E-state index in [1.54, 1.807) is 10.9 Å². The zero-order chi connectivity index (χ0) is 16.4. The monoisotopic (exact) mass is 312 g/mol. The number of aryl methyl sites for hydroxylation is 2. The van der Waals surface area contributed by atoms with Crippen molar-refractivity contribution in [2.45, 2.75) is 32.4 Å². The van der Waals surface area contributed by atoms with Gasteiger partial charge in [0.2, 0.25) is 5.91 Å². The van der Waals surface area contributed by atoms with E-state index in [0.717, 1.165) is 31.6 Å². The second-order valence-electron chi connectivity index (χ2n) is 6.25. The van der Waals surface area contributed by atoms with Crippen molar-refractivity contribution >= 4 is 11.6 Å². The summed E-state index contributed by atoms with van der Waals surface area (Å²) >= 11 is 0. The van der Waals surface area contributed by atoms with Gasteiger partial charge in [0.1, 0.15) is 0 Å². The molecule has 122 valence electrons. The van der Waals surface area contributed by atoms with Gasteiger partial charge < -0.3 is 4.90 Å². The third kappa shape index (κ3) is 3.29. The zero-order valence-electron chi connectivity index (χ0n) is 14.1. The van der Waals surface area contributed by atoms with E-state index in [-0.39, 0.29) is 11.9 Å². The predicted octanol–water partition coefficient (Wildman–Crippen LogP) is 2.22. The zero-order valence-corrected chi connectivity index (χ0v) is 14.1. The second kappa shape index (κ2) is 6.54. The molecule has 2 heterocycles. The first-order valence-electron chi connectivity index (χ1n) is 8.16. The Bertz CT molecular complexity index is 677. The molecule has 0 bridgehead atoms. The molecular formula is C18H24N4O. The maximum Gasteiger partial charge on any atom is 0.244 e. The molecule has 1 atom stereocenters. The SMILES string of the molecule is CCc1ccc(CN(C)C2CCN(c3cnn(C)c3)C2=O)cc1. The van der Waals surface area contributed by atoms with E-state index in [2.05, 4.69) is 41.2 Å². The number of amides is 1. The molecule has 0 aliphatic carbocycles. The average molecular weight is 312 g/mol. The van der Waals surface area contributed by atoms with Gasteiger partial charge in [0.05, 0.1) is 17.9 Å². The van der Waals surface area contributed by atoms with Crippen molar-refractivity contribution in [2.75, 3.05) is 18.5 Å². The highest BCUT2D eigenvalue weighted by atomic mass is 16.2. The lowest BCUT2D eigenvalue weighted by Gasteiger charge is -2.23. The van der Waals surface area contributed by atoms with Crippen LogP contribution in [0.15, 0.2) is 36.7 Å². The standard InChI is InChI=1S/C18H24N4O/c1-4-14-5-7-15(8-6-14)12-20(2)17-9-10-22(18(17)23)16-11-19-21(3)13-16/h5-8,11,13,17H,4,9-10,12H2,1-3H3. The summed E-state index contributed by atoms with van der Waals surface area (Å²) in [5, 5.41) is 4.16. The van der Waals surface area contributed by atoms with Crippen LogP contribution in [-0.2, 0) is 24.8 Å². The van der Waals surface area contributed by atoms with Crippen LogP contribution in [0.2, 0.25) is 0 Å². The van der Waals surface area contributed by atoms with Gasteiger partial charge >= 0.3 is 0 Å². The fourth-order valence-corrected chi connectivity index (χ4v) is 3.16. The highest BCUT2D eigenvalue weighted by Crippen LogP contribution is 2.24. The molecule has 0 saturated carbocycles. The van der Waals surface area contributed by atoms with Crippen LogP contribution in [0.25, 0.3) is 0 Å². The number of aromatic nitrogens is 2. The number of nitrogens with zero attached hydrogens (tertiary/aromatic N) is 4. The number of benzene rings is 1. The lowest BCUT2D eigenvalue weighted by Crippen LogP contribution is -2.39. The van der Waals surface area contributed by atoms with Crippen LogP contribution < -0.4 is 4.90 Å². The molecule has 0 spiro atoms. The van der Waals surface area contributed by atoms with Crippen molar-refractivity contribution in [1.29, 1.82) is 0 Å². The highest BCUT2D eigenvalue weighted by molar-refractivity contribution is 5.99. The maximum atomic E-state index is 12.7. The Hall–Kier alpha value is -2.14. The van der Waals surface area contributed by atoms with Crippen molar-refractivity contribution in [1.82, 2.24) is 14.7 Å². The van der Waals surface area contributed by atoms with Crippen molar-refractivity contribution < 1.29 is 4.79 Å². The Balaban J connectivity index is 1.65. The summed E-state index contributed by atoms with van der Waals surface area (Å²) in [5.74, 6) is 0.172. The van der Waals surface area contributed by atoms with Crippen LogP contribution in [0, 0.1) is 0 Å². The molecule has 1 unspecified atom stereocenters. The molecule has 1 aliphatic rings. The molecule has 1 aromatic carbocycles. The minimum Gasteiger partial charge on any atom is -0.308 e. The van der Waals surface area contributed by atoms with Crippen LogP contribution in [0.1, 0.15) is 24.5 Å². The molecule has 1 aromatic heterocycles. The van der Waals surface area contributed by atoms with Gasteiger partial charge in [-0.05, 0) is 31.0 Å². The smallest absolute Gasteiger partial charge is 0.244 e. The Morgan fingerprint density at radius 1 is 1.26 bits per heavy atom. The van der Waals surface area contributed by atoms with Crippen LogP contribution in [0.5, 0.6) is 0 Å². The summed E-state index contributed by atoms with van der Waals surface area (Å²) in [6, 6.07) is 8.60. The number of hydrogen-bond acceptors (Lipinski definition) is 3. The van der Waals surface area contributed by atoms with Crippen molar-refractivity contribution in [3.63, 3.8) is 0 Å². The minimum atomic E-state index is -0.0546. The van der Waals surface area contributed by atoms with Crippen molar-refractivity contribution in [3.05, 3.63) is 47.8 Å². The lowest BCUT2D eigenvalue weighted by molar-refractivity contribution is -0.121. The molecule has 5 heteroatoms. The van der Waals surface area contributed by atoms with E-state index in [0.29, 0.717) is 0 Å². The Morgan fingerprint density at radius 2 is 1.96 bits per heavy atom. The minimum absolute atomic E-state index is 0.0546. The lowest BCUT2D eigenvalue weighted by atomic mass is 10.1. The van der Waals surface area contributed by atoms with Gasteiger partial charge in [-0.1, -0.05) is 31.2 Å². The molecule has 2 aromatic rings. The van der Waals surface area contributed by atoms with Gasteiger partial charge in [-0.3, -0.25) is 14.4 Å². The molecule has 0 radical (unpaired) electrons. The topological polar surface area (TPSA) is 41.4 Å². The van der Waals surface area contributed by atoms with Gasteiger partial charge in [-0.15, -0.1) is 0 Å². The summed E-state index contributed by atoms with van der Waals surface area (Å²) in [7, 11) is 3.90. The van der Waals surface area contributed by atoms with Gasteiger partial charge in [0.15, 0.2) is 0 Å². The van der Waals surface area contributed by atoms with E-state index in [1.165, 1.54) is 11.1 Å². The van der Waals surface area contributed by atoms with E-state index in [4.69, 9.17) is 0 Å².